The molecular weight excluding hydrogens is 426 g/mol. The average molecular weight is 453 g/mol. The first-order chi connectivity index (χ1) is 15.6. The second-order valence-corrected chi connectivity index (χ2v) is 8.45. The van der Waals surface area contributed by atoms with Crippen LogP contribution in [0.1, 0.15) is 31.9 Å². The molecule has 0 unspecified atom stereocenters. The number of fused-ring (bicyclic) bond motifs is 1. The van der Waals surface area contributed by atoms with Crippen molar-refractivity contribution in [1.29, 1.82) is 0 Å². The van der Waals surface area contributed by atoms with Crippen molar-refractivity contribution in [3.63, 3.8) is 0 Å². The van der Waals surface area contributed by atoms with Gasteiger partial charge in [0, 0.05) is 29.5 Å². The summed E-state index contributed by atoms with van der Waals surface area (Å²) in [4.78, 5) is 37.2. The van der Waals surface area contributed by atoms with Crippen LogP contribution in [0.15, 0.2) is 63.8 Å². The quantitative estimate of drug-likeness (QED) is 0.426. The molecule has 1 N–H and O–H groups in total. The lowest BCUT2D eigenvalue weighted by Crippen LogP contribution is -2.45. The molecule has 0 saturated carbocycles. The number of methoxy groups -OCH3 is 1. The Morgan fingerprint density at radius 3 is 2.45 bits per heavy atom. The minimum Gasteiger partial charge on any atom is -0.497 e. The van der Waals surface area contributed by atoms with Crippen molar-refractivity contribution >= 4 is 23.0 Å². The lowest BCUT2D eigenvalue weighted by molar-refractivity contribution is -0.147. The predicted octanol–water partition coefficient (Wildman–Crippen LogP) is 3.98. The lowest BCUT2D eigenvalue weighted by Gasteiger charge is -2.23. The van der Waals surface area contributed by atoms with Gasteiger partial charge in [-0.05, 0) is 38.5 Å². The fourth-order valence-electron chi connectivity index (χ4n) is 3.20. The Kier molecular flexibility index (Phi) is 7.37. The van der Waals surface area contributed by atoms with E-state index in [1.807, 2.05) is 30.3 Å². The third-order valence-corrected chi connectivity index (χ3v) is 4.67. The smallest absolute Gasteiger partial charge is 0.408 e. The van der Waals surface area contributed by atoms with Gasteiger partial charge in [-0.2, -0.15) is 0 Å². The number of hydrogen-bond donors (Lipinski definition) is 1. The zero-order valence-electron chi connectivity index (χ0n) is 19.0. The Hall–Kier alpha value is -3.81. The summed E-state index contributed by atoms with van der Waals surface area (Å²) < 4.78 is 21.2. The third-order valence-electron chi connectivity index (χ3n) is 4.67. The molecule has 8 nitrogen and oxygen atoms in total. The molecule has 0 aliphatic heterocycles. The molecule has 1 amide bonds. The molecule has 1 heterocycles. The first-order valence-corrected chi connectivity index (χ1v) is 10.5. The largest absolute Gasteiger partial charge is 0.497 e. The van der Waals surface area contributed by atoms with E-state index in [1.54, 1.807) is 39.0 Å². The van der Waals surface area contributed by atoms with E-state index in [9.17, 15) is 14.4 Å². The van der Waals surface area contributed by atoms with Crippen molar-refractivity contribution < 1.29 is 28.2 Å². The van der Waals surface area contributed by atoms with Gasteiger partial charge in [0.15, 0.2) is 0 Å². The number of nitrogens with one attached hydrogen (secondary N) is 1. The van der Waals surface area contributed by atoms with E-state index in [2.05, 4.69) is 5.32 Å². The topological polar surface area (TPSA) is 104 Å². The number of benzene rings is 2. The number of alkyl carbamates (subject to hydrolysis) is 1. The first kappa shape index (κ1) is 23.8. The van der Waals surface area contributed by atoms with Crippen LogP contribution < -0.4 is 15.7 Å². The van der Waals surface area contributed by atoms with Gasteiger partial charge in [-0.3, -0.25) is 0 Å². The Balaban J connectivity index is 1.78. The number of amides is 1. The van der Waals surface area contributed by atoms with Crippen molar-refractivity contribution in [3.8, 4) is 5.75 Å². The molecule has 8 heteroatoms. The maximum Gasteiger partial charge on any atom is 0.408 e. The highest BCUT2D eigenvalue weighted by atomic mass is 16.6. The third kappa shape index (κ3) is 6.83. The zero-order chi connectivity index (χ0) is 24.0. The minimum absolute atomic E-state index is 0.172. The van der Waals surface area contributed by atoms with E-state index in [0.717, 1.165) is 5.56 Å². The van der Waals surface area contributed by atoms with Gasteiger partial charge in [0.25, 0.3) is 0 Å². The number of carbonyl (C=O) groups is 2. The number of carbonyl (C=O) groups excluding carboxylic acids is 2. The average Bonchev–Trinajstić information content (AvgIpc) is 2.75. The van der Waals surface area contributed by atoms with Crippen molar-refractivity contribution in [2.24, 2.45) is 0 Å². The Labute approximate surface area is 191 Å². The number of rotatable bonds is 7. The fourth-order valence-corrected chi connectivity index (χ4v) is 3.20. The molecule has 3 aromatic rings. The van der Waals surface area contributed by atoms with E-state index in [0.29, 0.717) is 22.3 Å². The molecule has 3 rings (SSSR count). The van der Waals surface area contributed by atoms with Gasteiger partial charge >= 0.3 is 17.7 Å². The van der Waals surface area contributed by atoms with Crippen LogP contribution >= 0.6 is 0 Å². The maximum atomic E-state index is 12.9. The Morgan fingerprint density at radius 1 is 1.06 bits per heavy atom. The molecule has 174 valence electrons. The summed E-state index contributed by atoms with van der Waals surface area (Å²) >= 11 is 0. The molecule has 0 fully saturated rings. The first-order valence-electron chi connectivity index (χ1n) is 10.5. The molecular formula is C25H27NO7. The molecule has 0 aliphatic rings. The molecule has 0 aliphatic carbocycles. The Bertz CT molecular complexity index is 1180. The van der Waals surface area contributed by atoms with Crippen LogP contribution in [0.3, 0.4) is 0 Å². The zero-order valence-corrected chi connectivity index (χ0v) is 19.0. The van der Waals surface area contributed by atoms with E-state index in [1.165, 1.54) is 13.2 Å². The van der Waals surface area contributed by atoms with E-state index >= 15 is 0 Å². The SMILES string of the molecule is COc1ccc2c(COC(=O)[C@H](Cc3ccccc3)NC(=O)OC(C)(C)C)cc(=O)oc2c1. The van der Waals surface area contributed by atoms with Gasteiger partial charge in [-0.1, -0.05) is 30.3 Å². The molecule has 2 aromatic carbocycles. The second kappa shape index (κ2) is 10.2. The van der Waals surface area contributed by atoms with Crippen molar-refractivity contribution in [3.05, 3.63) is 76.1 Å². The van der Waals surface area contributed by atoms with Gasteiger partial charge in [-0.15, -0.1) is 0 Å². The second-order valence-electron chi connectivity index (χ2n) is 8.45. The number of esters is 1. The summed E-state index contributed by atoms with van der Waals surface area (Å²) in [5, 5.41) is 3.20. The Morgan fingerprint density at radius 2 is 1.79 bits per heavy atom. The van der Waals surface area contributed by atoms with E-state index in [4.69, 9.17) is 18.6 Å². The summed E-state index contributed by atoms with van der Waals surface area (Å²) in [6.07, 6.45) is -0.508. The van der Waals surface area contributed by atoms with Crippen LogP contribution in [0.4, 0.5) is 4.79 Å². The molecule has 33 heavy (non-hydrogen) atoms. The fraction of sp³-hybridized carbons (Fsp3) is 0.320. The van der Waals surface area contributed by atoms with Crippen molar-refractivity contribution in [2.45, 2.75) is 45.4 Å². The number of hydrogen-bond acceptors (Lipinski definition) is 7. The predicted molar refractivity (Wildman–Crippen MR) is 122 cm³/mol. The van der Waals surface area contributed by atoms with Crippen LogP contribution in [-0.4, -0.2) is 30.8 Å². The van der Waals surface area contributed by atoms with Crippen LogP contribution in [0, 0.1) is 0 Å². The number of ether oxygens (including phenoxy) is 3. The van der Waals surface area contributed by atoms with Gasteiger partial charge in [0.05, 0.1) is 7.11 Å². The lowest BCUT2D eigenvalue weighted by atomic mass is 10.1. The van der Waals surface area contributed by atoms with E-state index in [-0.39, 0.29) is 13.0 Å². The van der Waals surface area contributed by atoms with Gasteiger partial charge < -0.3 is 23.9 Å². The summed E-state index contributed by atoms with van der Waals surface area (Å²) in [7, 11) is 1.51. The van der Waals surface area contributed by atoms with Gasteiger partial charge in [-0.25, -0.2) is 14.4 Å². The monoisotopic (exact) mass is 453 g/mol. The molecule has 1 atom stereocenters. The van der Waals surface area contributed by atoms with Gasteiger partial charge in [0.2, 0.25) is 0 Å². The highest BCUT2D eigenvalue weighted by Crippen LogP contribution is 2.23. The minimum atomic E-state index is -0.978. The van der Waals surface area contributed by atoms with Gasteiger partial charge in [0.1, 0.15) is 29.6 Å². The highest BCUT2D eigenvalue weighted by molar-refractivity contribution is 5.83. The summed E-state index contributed by atoms with van der Waals surface area (Å²) in [5.74, 6) is -0.121. The molecule has 0 radical (unpaired) electrons. The summed E-state index contributed by atoms with van der Waals surface area (Å²) in [5.41, 5.74) is 0.347. The highest BCUT2D eigenvalue weighted by Gasteiger charge is 2.26. The molecule has 1 aromatic heterocycles. The molecule has 0 bridgehead atoms. The van der Waals surface area contributed by atoms with Crippen LogP contribution in [0.25, 0.3) is 11.0 Å². The summed E-state index contributed by atoms with van der Waals surface area (Å²) in [6.45, 7) is 5.03. The summed E-state index contributed by atoms with van der Waals surface area (Å²) in [6, 6.07) is 14.6. The van der Waals surface area contributed by atoms with Crippen LogP contribution in [0.2, 0.25) is 0 Å². The normalized spacial score (nSPS) is 12.1. The molecule has 0 saturated heterocycles. The maximum absolute atomic E-state index is 12.9. The van der Waals surface area contributed by atoms with Crippen molar-refractivity contribution in [1.82, 2.24) is 5.32 Å². The molecule has 0 spiro atoms. The van der Waals surface area contributed by atoms with Crippen molar-refractivity contribution in [2.75, 3.05) is 7.11 Å². The van der Waals surface area contributed by atoms with Crippen LogP contribution in [-0.2, 0) is 27.3 Å². The van der Waals surface area contributed by atoms with Crippen LogP contribution in [0.5, 0.6) is 5.75 Å². The standard InChI is InChI=1S/C25H27NO7/c1-25(2,3)33-24(29)26-20(12-16-8-6-5-7-9-16)23(28)31-15-17-13-22(27)32-21-14-18(30-4)10-11-19(17)21/h5-11,13-14,20H,12,15H2,1-4H3,(H,26,29)/t20-/m0/s1. The van der Waals surface area contributed by atoms with E-state index < -0.39 is 29.3 Å².